The molecule has 0 radical (unpaired) electrons. The van der Waals surface area contributed by atoms with Crippen LogP contribution in [0.15, 0.2) is 47.3 Å². The van der Waals surface area contributed by atoms with Gasteiger partial charge in [0.25, 0.3) is 5.91 Å². The summed E-state index contributed by atoms with van der Waals surface area (Å²) in [7, 11) is 0. The zero-order chi connectivity index (χ0) is 18.4. The van der Waals surface area contributed by atoms with E-state index in [1.165, 1.54) is 18.1 Å². The molecule has 25 heavy (non-hydrogen) atoms. The van der Waals surface area contributed by atoms with Crippen molar-refractivity contribution in [1.82, 2.24) is 10.6 Å². The molecule has 5 nitrogen and oxygen atoms in total. The number of furan rings is 1. The summed E-state index contributed by atoms with van der Waals surface area (Å²) in [5, 5.41) is 5.59. The number of carbonyl (C=O) groups is 2. The minimum atomic E-state index is -0.634. The number of rotatable bonds is 7. The molecule has 1 aromatic heterocycles. The number of hydrogen-bond donors (Lipinski definition) is 2. The molecule has 0 saturated carbocycles. The van der Waals surface area contributed by atoms with Crippen LogP contribution < -0.4 is 10.6 Å². The summed E-state index contributed by atoms with van der Waals surface area (Å²) in [6, 6.07) is 9.07. The van der Waals surface area contributed by atoms with Crippen LogP contribution in [0.2, 0.25) is 0 Å². The van der Waals surface area contributed by atoms with Crippen molar-refractivity contribution in [2.45, 2.75) is 46.2 Å². The smallest absolute Gasteiger partial charge is 0.255 e. The van der Waals surface area contributed by atoms with Crippen LogP contribution in [-0.4, -0.2) is 17.9 Å². The number of hydrogen-bond acceptors (Lipinski definition) is 3. The van der Waals surface area contributed by atoms with E-state index in [1.54, 1.807) is 13.0 Å². The van der Waals surface area contributed by atoms with Gasteiger partial charge >= 0.3 is 0 Å². The number of carbonyl (C=O) groups excluding carboxylic acids is 2. The van der Waals surface area contributed by atoms with Gasteiger partial charge in [-0.25, -0.2) is 0 Å². The Morgan fingerprint density at radius 3 is 2.24 bits per heavy atom. The molecule has 0 bridgehead atoms. The van der Waals surface area contributed by atoms with Gasteiger partial charge in [0, 0.05) is 0 Å². The van der Waals surface area contributed by atoms with Crippen LogP contribution in [0.5, 0.6) is 0 Å². The van der Waals surface area contributed by atoms with Gasteiger partial charge in [-0.3, -0.25) is 9.59 Å². The summed E-state index contributed by atoms with van der Waals surface area (Å²) in [4.78, 5) is 24.2. The lowest BCUT2D eigenvalue weighted by Crippen LogP contribution is -2.45. The molecular weight excluding hydrogens is 316 g/mol. The maximum Gasteiger partial charge on any atom is 0.255 e. The molecule has 2 atom stereocenters. The Labute approximate surface area is 148 Å². The van der Waals surface area contributed by atoms with E-state index in [0.717, 1.165) is 12.0 Å². The van der Waals surface area contributed by atoms with Gasteiger partial charge < -0.3 is 15.1 Å². The molecule has 0 aliphatic carbocycles. The van der Waals surface area contributed by atoms with Crippen LogP contribution in [0.25, 0.3) is 0 Å². The van der Waals surface area contributed by atoms with Crippen LogP contribution in [0.4, 0.5) is 0 Å². The predicted molar refractivity (Wildman–Crippen MR) is 97.2 cm³/mol. The van der Waals surface area contributed by atoms with Gasteiger partial charge in [-0.1, -0.05) is 38.1 Å². The molecular formula is C20H26N2O3. The van der Waals surface area contributed by atoms with Gasteiger partial charge in [0.2, 0.25) is 5.91 Å². The lowest BCUT2D eigenvalue weighted by atomic mass is 10.00. The molecule has 2 unspecified atom stereocenters. The fourth-order valence-electron chi connectivity index (χ4n) is 2.57. The number of nitrogens with one attached hydrogen (secondary N) is 2. The SMILES string of the molecule is CC(C)Cc1ccc(C(C)NC(=O)C(C)NC(=O)c2ccoc2)cc1. The summed E-state index contributed by atoms with van der Waals surface area (Å²) >= 11 is 0. The quantitative estimate of drug-likeness (QED) is 0.809. The third-order valence-electron chi connectivity index (χ3n) is 4.01. The minimum absolute atomic E-state index is 0.131. The summed E-state index contributed by atoms with van der Waals surface area (Å²) in [5.74, 6) is 0.0559. The molecule has 0 aliphatic rings. The highest BCUT2D eigenvalue weighted by Crippen LogP contribution is 2.15. The van der Waals surface area contributed by atoms with Gasteiger partial charge in [-0.05, 0) is 43.4 Å². The third kappa shape index (κ3) is 5.48. The van der Waals surface area contributed by atoms with Crippen molar-refractivity contribution >= 4 is 11.8 Å². The van der Waals surface area contributed by atoms with Crippen molar-refractivity contribution in [1.29, 1.82) is 0 Å². The van der Waals surface area contributed by atoms with Gasteiger partial charge in [0.05, 0.1) is 17.9 Å². The monoisotopic (exact) mass is 342 g/mol. The minimum Gasteiger partial charge on any atom is -0.472 e. The van der Waals surface area contributed by atoms with E-state index in [1.807, 2.05) is 19.1 Å². The average molecular weight is 342 g/mol. The molecule has 0 spiro atoms. The first-order chi connectivity index (χ1) is 11.9. The topological polar surface area (TPSA) is 71.3 Å². The van der Waals surface area contributed by atoms with Crippen LogP contribution in [0.3, 0.4) is 0 Å². The first-order valence-corrected chi connectivity index (χ1v) is 8.59. The maximum absolute atomic E-state index is 12.3. The maximum atomic E-state index is 12.3. The van der Waals surface area contributed by atoms with E-state index < -0.39 is 6.04 Å². The van der Waals surface area contributed by atoms with Crippen molar-refractivity contribution in [3.63, 3.8) is 0 Å². The van der Waals surface area contributed by atoms with Crippen molar-refractivity contribution in [3.8, 4) is 0 Å². The standard InChI is InChI=1S/C20H26N2O3/c1-13(2)11-16-5-7-17(8-6-16)14(3)21-19(23)15(4)22-20(24)18-9-10-25-12-18/h5-10,12-15H,11H2,1-4H3,(H,21,23)(H,22,24). The Kier molecular flexibility index (Phi) is 6.39. The third-order valence-corrected chi connectivity index (χ3v) is 4.01. The molecule has 2 rings (SSSR count). The Hall–Kier alpha value is -2.56. The number of benzene rings is 1. The van der Waals surface area contributed by atoms with Crippen molar-refractivity contribution < 1.29 is 14.0 Å². The second kappa shape index (κ2) is 8.51. The zero-order valence-electron chi connectivity index (χ0n) is 15.2. The highest BCUT2D eigenvalue weighted by Gasteiger charge is 2.19. The zero-order valence-corrected chi connectivity index (χ0v) is 15.2. The summed E-state index contributed by atoms with van der Waals surface area (Å²) in [6.07, 6.45) is 3.81. The van der Waals surface area contributed by atoms with Crippen LogP contribution in [-0.2, 0) is 11.2 Å². The largest absolute Gasteiger partial charge is 0.472 e. The summed E-state index contributed by atoms with van der Waals surface area (Å²) in [6.45, 7) is 7.97. The second-order valence-electron chi connectivity index (χ2n) is 6.78. The van der Waals surface area contributed by atoms with Gasteiger partial charge in [-0.2, -0.15) is 0 Å². The highest BCUT2D eigenvalue weighted by molar-refractivity contribution is 5.97. The van der Waals surface area contributed by atoms with Gasteiger partial charge in [-0.15, -0.1) is 0 Å². The van der Waals surface area contributed by atoms with Crippen molar-refractivity contribution in [2.75, 3.05) is 0 Å². The molecule has 2 aromatic rings. The normalized spacial score (nSPS) is 13.3. The van der Waals surface area contributed by atoms with Gasteiger partial charge in [0.15, 0.2) is 0 Å². The lowest BCUT2D eigenvalue weighted by molar-refractivity contribution is -0.123. The van der Waals surface area contributed by atoms with E-state index in [4.69, 9.17) is 4.42 Å². The molecule has 0 saturated heterocycles. The molecule has 1 heterocycles. The molecule has 134 valence electrons. The van der Waals surface area contributed by atoms with Gasteiger partial charge in [0.1, 0.15) is 12.3 Å². The van der Waals surface area contributed by atoms with Crippen molar-refractivity contribution in [2.24, 2.45) is 5.92 Å². The van der Waals surface area contributed by atoms with Crippen LogP contribution >= 0.6 is 0 Å². The Morgan fingerprint density at radius 1 is 1.00 bits per heavy atom. The molecule has 2 amide bonds. The summed E-state index contributed by atoms with van der Waals surface area (Å²) < 4.78 is 4.87. The fourth-order valence-corrected chi connectivity index (χ4v) is 2.57. The average Bonchev–Trinajstić information content (AvgIpc) is 3.09. The molecule has 0 aliphatic heterocycles. The van der Waals surface area contributed by atoms with E-state index in [0.29, 0.717) is 11.5 Å². The molecule has 5 heteroatoms. The first-order valence-electron chi connectivity index (χ1n) is 8.59. The Bertz CT molecular complexity index is 690. The Morgan fingerprint density at radius 2 is 1.68 bits per heavy atom. The summed E-state index contributed by atoms with van der Waals surface area (Å²) in [5.41, 5.74) is 2.72. The molecule has 2 N–H and O–H groups in total. The van der Waals surface area contributed by atoms with Crippen molar-refractivity contribution in [3.05, 3.63) is 59.5 Å². The predicted octanol–water partition coefficient (Wildman–Crippen LogP) is 3.47. The Balaban J connectivity index is 1.89. The van der Waals surface area contributed by atoms with E-state index in [2.05, 4.69) is 36.6 Å². The molecule has 1 aromatic carbocycles. The van der Waals surface area contributed by atoms with Crippen LogP contribution in [0, 0.1) is 5.92 Å². The fraction of sp³-hybridized carbons (Fsp3) is 0.400. The van der Waals surface area contributed by atoms with E-state index in [9.17, 15) is 9.59 Å². The first kappa shape index (κ1) is 18.8. The van der Waals surface area contributed by atoms with E-state index in [-0.39, 0.29) is 17.9 Å². The highest BCUT2D eigenvalue weighted by atomic mass is 16.3. The molecule has 0 fully saturated rings. The lowest BCUT2D eigenvalue weighted by Gasteiger charge is -2.19. The second-order valence-corrected chi connectivity index (χ2v) is 6.78. The number of amides is 2. The van der Waals surface area contributed by atoms with Crippen LogP contribution in [0.1, 0.15) is 55.2 Å². The van der Waals surface area contributed by atoms with E-state index >= 15 is 0 Å².